The summed E-state index contributed by atoms with van der Waals surface area (Å²) in [6.07, 6.45) is 8.88. The van der Waals surface area contributed by atoms with Gasteiger partial charge in [-0.2, -0.15) is 11.8 Å². The van der Waals surface area contributed by atoms with Crippen LogP contribution in [0, 0.1) is 11.8 Å². The molecule has 0 radical (unpaired) electrons. The lowest BCUT2D eigenvalue weighted by molar-refractivity contribution is -0.150. The van der Waals surface area contributed by atoms with Gasteiger partial charge in [-0.15, -0.1) is 0 Å². The second-order valence-corrected chi connectivity index (χ2v) is 8.31. The second-order valence-electron chi connectivity index (χ2n) is 7.08. The molecule has 3 heterocycles. The van der Waals surface area contributed by atoms with Gasteiger partial charge in [0.25, 0.3) is 0 Å². The third-order valence-corrected chi connectivity index (χ3v) is 6.85. The Hall–Kier alpha value is 0.230. The SMILES string of the molecule is CNC(CC1CCSCC1)C1CCOC2(CCOCC2)C1. The molecule has 0 saturated carbocycles. The molecule has 0 amide bonds. The first-order chi connectivity index (χ1) is 10.3. The summed E-state index contributed by atoms with van der Waals surface area (Å²) in [4.78, 5) is 0. The van der Waals surface area contributed by atoms with Crippen LogP contribution in [-0.4, -0.2) is 50.0 Å². The van der Waals surface area contributed by atoms with Crippen molar-refractivity contribution in [3.63, 3.8) is 0 Å². The topological polar surface area (TPSA) is 30.5 Å². The maximum Gasteiger partial charge on any atom is 0.0729 e. The largest absolute Gasteiger partial charge is 0.381 e. The summed E-state index contributed by atoms with van der Waals surface area (Å²) >= 11 is 2.13. The Morgan fingerprint density at radius 3 is 2.62 bits per heavy atom. The average Bonchev–Trinajstić information content (AvgIpc) is 2.54. The van der Waals surface area contributed by atoms with Crippen LogP contribution in [0.3, 0.4) is 0 Å². The molecule has 0 aromatic carbocycles. The quantitative estimate of drug-likeness (QED) is 0.864. The van der Waals surface area contributed by atoms with Crippen LogP contribution in [0.15, 0.2) is 0 Å². The van der Waals surface area contributed by atoms with Crippen molar-refractivity contribution in [2.24, 2.45) is 11.8 Å². The van der Waals surface area contributed by atoms with Crippen molar-refractivity contribution in [2.45, 2.75) is 56.6 Å². The summed E-state index contributed by atoms with van der Waals surface area (Å²) in [6, 6.07) is 0.682. The molecule has 3 aliphatic heterocycles. The normalized spacial score (nSPS) is 32.1. The maximum absolute atomic E-state index is 6.21. The number of hydrogen-bond acceptors (Lipinski definition) is 4. The molecule has 122 valence electrons. The zero-order chi connectivity index (χ0) is 14.5. The lowest BCUT2D eigenvalue weighted by Crippen LogP contribution is -2.49. The van der Waals surface area contributed by atoms with Gasteiger partial charge in [-0.25, -0.2) is 0 Å². The fourth-order valence-electron chi connectivity index (χ4n) is 4.39. The predicted molar refractivity (Wildman–Crippen MR) is 89.0 cm³/mol. The molecule has 3 rings (SSSR count). The molecule has 0 aromatic rings. The molecule has 1 N–H and O–H groups in total. The van der Waals surface area contributed by atoms with E-state index in [1.54, 1.807) is 0 Å². The molecule has 3 nitrogen and oxygen atoms in total. The van der Waals surface area contributed by atoms with Crippen molar-refractivity contribution in [3.8, 4) is 0 Å². The van der Waals surface area contributed by atoms with Gasteiger partial charge in [-0.3, -0.25) is 0 Å². The van der Waals surface area contributed by atoms with E-state index in [1.165, 1.54) is 43.6 Å². The van der Waals surface area contributed by atoms with E-state index in [2.05, 4.69) is 24.1 Å². The second kappa shape index (κ2) is 7.67. The highest BCUT2D eigenvalue weighted by molar-refractivity contribution is 7.99. The summed E-state index contributed by atoms with van der Waals surface area (Å²) in [5, 5.41) is 3.65. The zero-order valence-corrected chi connectivity index (χ0v) is 14.3. The van der Waals surface area contributed by atoms with Gasteiger partial charge in [0, 0.05) is 25.9 Å². The van der Waals surface area contributed by atoms with Crippen molar-refractivity contribution in [1.29, 1.82) is 0 Å². The van der Waals surface area contributed by atoms with Gasteiger partial charge in [0.2, 0.25) is 0 Å². The zero-order valence-electron chi connectivity index (χ0n) is 13.4. The minimum absolute atomic E-state index is 0.138. The van der Waals surface area contributed by atoms with Crippen LogP contribution in [0.2, 0.25) is 0 Å². The van der Waals surface area contributed by atoms with Gasteiger partial charge in [-0.1, -0.05) is 0 Å². The Morgan fingerprint density at radius 1 is 1.14 bits per heavy atom. The first-order valence-corrected chi connectivity index (χ1v) is 9.93. The predicted octanol–water partition coefficient (Wildman–Crippen LogP) is 3.08. The van der Waals surface area contributed by atoms with Gasteiger partial charge in [0.15, 0.2) is 0 Å². The monoisotopic (exact) mass is 313 g/mol. The van der Waals surface area contributed by atoms with Crippen LogP contribution in [0.1, 0.15) is 44.9 Å². The number of ether oxygens (including phenoxy) is 2. The van der Waals surface area contributed by atoms with E-state index in [-0.39, 0.29) is 5.60 Å². The number of hydrogen-bond donors (Lipinski definition) is 1. The first kappa shape index (κ1) is 16.1. The van der Waals surface area contributed by atoms with Crippen molar-refractivity contribution in [1.82, 2.24) is 5.32 Å². The smallest absolute Gasteiger partial charge is 0.0729 e. The van der Waals surface area contributed by atoms with E-state index >= 15 is 0 Å². The van der Waals surface area contributed by atoms with Crippen LogP contribution in [-0.2, 0) is 9.47 Å². The summed E-state index contributed by atoms with van der Waals surface area (Å²) in [7, 11) is 2.16. The van der Waals surface area contributed by atoms with Gasteiger partial charge in [-0.05, 0) is 75.3 Å². The summed E-state index contributed by atoms with van der Waals surface area (Å²) < 4.78 is 11.8. The highest BCUT2D eigenvalue weighted by Crippen LogP contribution is 2.40. The molecule has 1 spiro atoms. The molecule has 0 aromatic heterocycles. The minimum Gasteiger partial charge on any atom is -0.381 e. The van der Waals surface area contributed by atoms with Crippen molar-refractivity contribution < 1.29 is 9.47 Å². The first-order valence-electron chi connectivity index (χ1n) is 8.78. The Balaban J connectivity index is 1.57. The maximum atomic E-state index is 6.21. The minimum atomic E-state index is 0.138. The van der Waals surface area contributed by atoms with Crippen LogP contribution in [0.5, 0.6) is 0 Å². The fourth-order valence-corrected chi connectivity index (χ4v) is 5.59. The lowest BCUT2D eigenvalue weighted by atomic mass is 9.75. The molecule has 0 bridgehead atoms. The third kappa shape index (κ3) is 4.15. The molecular formula is C17H31NO2S. The highest BCUT2D eigenvalue weighted by atomic mass is 32.2. The molecule has 3 saturated heterocycles. The van der Waals surface area contributed by atoms with Gasteiger partial charge in [0.1, 0.15) is 0 Å². The Morgan fingerprint density at radius 2 is 1.90 bits per heavy atom. The van der Waals surface area contributed by atoms with Crippen molar-refractivity contribution in [2.75, 3.05) is 38.4 Å². The van der Waals surface area contributed by atoms with Crippen molar-refractivity contribution in [3.05, 3.63) is 0 Å². The van der Waals surface area contributed by atoms with E-state index in [9.17, 15) is 0 Å². The summed E-state index contributed by atoms with van der Waals surface area (Å²) in [6.45, 7) is 2.72. The standard InChI is InChI=1S/C17H31NO2S/c1-18-16(12-14-3-10-21-11-4-14)15-2-7-20-17(13-15)5-8-19-9-6-17/h14-16,18H,2-13H2,1H3. The van der Waals surface area contributed by atoms with Crippen LogP contribution in [0.4, 0.5) is 0 Å². The van der Waals surface area contributed by atoms with E-state index < -0.39 is 0 Å². The lowest BCUT2D eigenvalue weighted by Gasteiger charge is -2.46. The summed E-state index contributed by atoms with van der Waals surface area (Å²) in [5.74, 6) is 4.47. The summed E-state index contributed by atoms with van der Waals surface area (Å²) in [5.41, 5.74) is 0.138. The van der Waals surface area contributed by atoms with E-state index in [1.807, 2.05) is 0 Å². The third-order valence-electron chi connectivity index (χ3n) is 5.80. The molecule has 2 atom stereocenters. The van der Waals surface area contributed by atoms with Gasteiger partial charge in [0.05, 0.1) is 5.60 Å². The van der Waals surface area contributed by atoms with Crippen LogP contribution < -0.4 is 5.32 Å². The molecule has 2 unspecified atom stereocenters. The average molecular weight is 314 g/mol. The van der Waals surface area contributed by atoms with Gasteiger partial charge < -0.3 is 14.8 Å². The Bertz CT molecular complexity index is 308. The molecule has 3 aliphatic rings. The molecular weight excluding hydrogens is 282 g/mol. The molecule has 3 fully saturated rings. The molecule has 0 aliphatic carbocycles. The van der Waals surface area contributed by atoms with Gasteiger partial charge >= 0.3 is 0 Å². The highest BCUT2D eigenvalue weighted by Gasteiger charge is 2.41. The van der Waals surface area contributed by atoms with Crippen LogP contribution >= 0.6 is 11.8 Å². The van der Waals surface area contributed by atoms with Crippen molar-refractivity contribution >= 4 is 11.8 Å². The van der Waals surface area contributed by atoms with E-state index in [0.29, 0.717) is 6.04 Å². The van der Waals surface area contributed by atoms with E-state index in [0.717, 1.165) is 44.5 Å². The fraction of sp³-hybridized carbons (Fsp3) is 1.00. The Labute approximate surface area is 133 Å². The Kier molecular flexibility index (Phi) is 5.88. The van der Waals surface area contributed by atoms with Crippen LogP contribution in [0.25, 0.3) is 0 Å². The number of rotatable bonds is 4. The van der Waals surface area contributed by atoms with E-state index in [4.69, 9.17) is 9.47 Å². The molecule has 4 heteroatoms. The number of thioether (sulfide) groups is 1. The molecule has 21 heavy (non-hydrogen) atoms. The number of nitrogens with one attached hydrogen (secondary N) is 1.